The maximum atomic E-state index is 10.3. The van der Waals surface area contributed by atoms with Crippen LogP contribution in [0.15, 0.2) is 0 Å². The second kappa shape index (κ2) is 6.12. The van der Waals surface area contributed by atoms with Gasteiger partial charge in [-0.15, -0.1) is 0 Å². The van der Waals surface area contributed by atoms with Crippen LogP contribution in [0.5, 0.6) is 0 Å². The number of hydrogen-bond donors (Lipinski definition) is 0. The highest BCUT2D eigenvalue weighted by Gasteiger charge is 2.37. The fourth-order valence-electron chi connectivity index (χ4n) is 1.05. The van der Waals surface area contributed by atoms with Crippen LogP contribution in [0.2, 0.25) is 18.1 Å². The normalized spacial score (nSPS) is 14.1. The molecule has 0 aromatic carbocycles. The second-order valence-corrected chi connectivity index (χ2v) is 10.5. The van der Waals surface area contributed by atoms with Gasteiger partial charge >= 0.3 is 0 Å². The summed E-state index contributed by atoms with van der Waals surface area (Å²) in [5, 5.41) is 19.2. The molecule has 0 spiro atoms. The van der Waals surface area contributed by atoms with Crippen molar-refractivity contribution in [1.29, 1.82) is 5.26 Å². The molecule has 1 unspecified atom stereocenters. The molecule has 0 aliphatic carbocycles. The third-order valence-electron chi connectivity index (χ3n) is 3.29. The first kappa shape index (κ1) is 16.1. The fraction of sp³-hybridized carbons (Fsp3) is 0.909. The standard InChI is InChI=1S/C11H22N2O3Si/c1-11(2,3)17(4,5)16-7-6-10(8-12)9-13(14)15/h10H,6-7,9H2,1-5H3. The molecule has 5 nitrogen and oxygen atoms in total. The molecule has 0 rings (SSSR count). The highest BCUT2D eigenvalue weighted by atomic mass is 28.4. The highest BCUT2D eigenvalue weighted by molar-refractivity contribution is 6.74. The summed E-state index contributed by atoms with van der Waals surface area (Å²) in [4.78, 5) is 9.87. The summed E-state index contributed by atoms with van der Waals surface area (Å²) in [6.07, 6.45) is 0.435. The zero-order valence-electron chi connectivity index (χ0n) is 11.3. The summed E-state index contributed by atoms with van der Waals surface area (Å²) < 4.78 is 5.87. The molecule has 1 atom stereocenters. The van der Waals surface area contributed by atoms with Gasteiger partial charge in [0.2, 0.25) is 6.54 Å². The highest BCUT2D eigenvalue weighted by Crippen LogP contribution is 2.36. The van der Waals surface area contributed by atoms with Gasteiger partial charge < -0.3 is 4.43 Å². The van der Waals surface area contributed by atoms with E-state index in [0.717, 1.165) is 0 Å². The van der Waals surface area contributed by atoms with Gasteiger partial charge in [-0.3, -0.25) is 10.1 Å². The molecule has 0 heterocycles. The summed E-state index contributed by atoms with van der Waals surface area (Å²) in [6.45, 7) is 10.8. The second-order valence-electron chi connectivity index (χ2n) is 5.74. The minimum absolute atomic E-state index is 0.123. The Morgan fingerprint density at radius 2 is 2.00 bits per heavy atom. The third kappa shape index (κ3) is 5.80. The lowest BCUT2D eigenvalue weighted by Crippen LogP contribution is -2.41. The van der Waals surface area contributed by atoms with Gasteiger partial charge in [-0.1, -0.05) is 20.8 Å². The van der Waals surface area contributed by atoms with Gasteiger partial charge in [0.05, 0.1) is 6.07 Å². The zero-order chi connectivity index (χ0) is 13.7. The van der Waals surface area contributed by atoms with Crippen LogP contribution in [0.3, 0.4) is 0 Å². The Balaban J connectivity index is 4.15. The Bertz CT molecular complexity index is 305. The molecule has 0 aliphatic rings. The Morgan fingerprint density at radius 1 is 1.47 bits per heavy atom. The molecule has 0 saturated heterocycles. The van der Waals surface area contributed by atoms with Crippen LogP contribution in [-0.2, 0) is 4.43 Å². The Morgan fingerprint density at radius 3 is 2.35 bits per heavy atom. The molecule has 0 aromatic rings. The van der Waals surface area contributed by atoms with Crippen LogP contribution in [-0.4, -0.2) is 26.4 Å². The van der Waals surface area contributed by atoms with Gasteiger partial charge in [0, 0.05) is 11.5 Å². The molecular weight excluding hydrogens is 236 g/mol. The molecule has 0 saturated carbocycles. The predicted octanol–water partition coefficient (Wildman–Crippen LogP) is 2.81. The van der Waals surface area contributed by atoms with Crippen molar-refractivity contribution in [1.82, 2.24) is 0 Å². The van der Waals surface area contributed by atoms with Gasteiger partial charge in [-0.2, -0.15) is 5.26 Å². The van der Waals surface area contributed by atoms with Crippen LogP contribution in [0.4, 0.5) is 0 Å². The number of hydrogen-bond acceptors (Lipinski definition) is 4. The lowest BCUT2D eigenvalue weighted by Gasteiger charge is -2.36. The molecule has 0 aromatic heterocycles. The van der Waals surface area contributed by atoms with E-state index in [-0.39, 0.29) is 11.6 Å². The average molecular weight is 258 g/mol. The topological polar surface area (TPSA) is 76.2 Å². The molecule has 0 amide bonds. The summed E-state index contributed by atoms with van der Waals surface area (Å²) in [5.74, 6) is -0.547. The number of rotatable bonds is 6. The van der Waals surface area contributed by atoms with Gasteiger partial charge in [0.15, 0.2) is 8.32 Å². The van der Waals surface area contributed by atoms with Crippen LogP contribution < -0.4 is 0 Å². The molecule has 6 heteroatoms. The van der Waals surface area contributed by atoms with Crippen LogP contribution in [0.25, 0.3) is 0 Å². The maximum absolute atomic E-state index is 10.3. The van der Waals surface area contributed by atoms with E-state index in [9.17, 15) is 10.1 Å². The lowest BCUT2D eigenvalue weighted by molar-refractivity contribution is -0.485. The SMILES string of the molecule is CC(C)(C)[Si](C)(C)OCCC(C#N)C[N+](=O)[O-]. The van der Waals surface area contributed by atoms with E-state index >= 15 is 0 Å². The Hall–Kier alpha value is -0.933. The molecule has 0 radical (unpaired) electrons. The molecule has 17 heavy (non-hydrogen) atoms. The molecule has 0 aliphatic heterocycles. The van der Waals surface area contributed by atoms with E-state index < -0.39 is 19.2 Å². The van der Waals surface area contributed by atoms with Crippen molar-refractivity contribution in [2.45, 2.75) is 45.3 Å². The van der Waals surface area contributed by atoms with Crippen molar-refractivity contribution >= 4 is 8.32 Å². The quantitative estimate of drug-likeness (QED) is 0.417. The molecule has 98 valence electrons. The van der Waals surface area contributed by atoms with Crippen molar-refractivity contribution in [3.8, 4) is 6.07 Å². The van der Waals surface area contributed by atoms with Gasteiger partial charge in [0.1, 0.15) is 5.92 Å². The first-order valence-electron chi connectivity index (χ1n) is 5.75. The first-order chi connectivity index (χ1) is 7.60. The predicted molar refractivity (Wildman–Crippen MR) is 68.7 cm³/mol. The van der Waals surface area contributed by atoms with Gasteiger partial charge in [-0.05, 0) is 24.6 Å². The van der Waals surface area contributed by atoms with Crippen molar-refractivity contribution < 1.29 is 9.35 Å². The summed E-state index contributed by atoms with van der Waals surface area (Å²) in [7, 11) is -1.80. The largest absolute Gasteiger partial charge is 0.417 e. The summed E-state index contributed by atoms with van der Waals surface area (Å²) in [5.41, 5.74) is 0. The lowest BCUT2D eigenvalue weighted by atomic mass is 10.1. The van der Waals surface area contributed by atoms with E-state index in [1.54, 1.807) is 0 Å². The minimum atomic E-state index is -1.80. The van der Waals surface area contributed by atoms with Crippen LogP contribution >= 0.6 is 0 Å². The number of nitrogens with zero attached hydrogens (tertiary/aromatic N) is 2. The van der Waals surface area contributed by atoms with E-state index in [1.165, 1.54) is 0 Å². The Kier molecular flexibility index (Phi) is 5.79. The molecule has 0 N–H and O–H groups in total. The third-order valence-corrected chi connectivity index (χ3v) is 7.83. The van der Waals surface area contributed by atoms with E-state index in [4.69, 9.17) is 9.69 Å². The fourth-order valence-corrected chi connectivity index (χ4v) is 2.11. The first-order valence-corrected chi connectivity index (χ1v) is 8.66. The average Bonchev–Trinajstić information content (AvgIpc) is 2.13. The van der Waals surface area contributed by atoms with E-state index in [2.05, 4.69) is 33.9 Å². The number of nitro groups is 1. The van der Waals surface area contributed by atoms with Crippen LogP contribution in [0, 0.1) is 27.4 Å². The van der Waals surface area contributed by atoms with E-state index in [0.29, 0.717) is 13.0 Å². The summed E-state index contributed by atoms with van der Waals surface area (Å²) >= 11 is 0. The minimum Gasteiger partial charge on any atom is -0.417 e. The summed E-state index contributed by atoms with van der Waals surface area (Å²) in [6, 6.07) is 1.95. The van der Waals surface area contributed by atoms with Crippen molar-refractivity contribution in [3.05, 3.63) is 10.1 Å². The monoisotopic (exact) mass is 258 g/mol. The number of nitriles is 1. The molecular formula is C11H22N2O3Si. The zero-order valence-corrected chi connectivity index (χ0v) is 12.3. The van der Waals surface area contributed by atoms with Crippen LogP contribution in [0.1, 0.15) is 27.2 Å². The van der Waals surface area contributed by atoms with Crippen molar-refractivity contribution in [2.24, 2.45) is 5.92 Å². The molecule has 0 bridgehead atoms. The maximum Gasteiger partial charge on any atom is 0.219 e. The molecule has 0 fully saturated rings. The Labute approximate surface area is 104 Å². The van der Waals surface area contributed by atoms with Gasteiger partial charge in [-0.25, -0.2) is 0 Å². The van der Waals surface area contributed by atoms with E-state index in [1.807, 2.05) is 6.07 Å². The van der Waals surface area contributed by atoms with Crippen molar-refractivity contribution in [2.75, 3.05) is 13.2 Å². The van der Waals surface area contributed by atoms with Crippen molar-refractivity contribution in [3.63, 3.8) is 0 Å². The van der Waals surface area contributed by atoms with Gasteiger partial charge in [0.25, 0.3) is 0 Å². The smallest absolute Gasteiger partial charge is 0.219 e.